The lowest BCUT2D eigenvalue weighted by Crippen LogP contribution is -2.46. The van der Waals surface area contributed by atoms with Crippen LogP contribution in [0.5, 0.6) is 0 Å². The zero-order valence-electron chi connectivity index (χ0n) is 11.9. The smallest absolute Gasteiger partial charge is 0.315 e. The van der Waals surface area contributed by atoms with Crippen molar-refractivity contribution in [3.8, 4) is 0 Å². The Kier molecular flexibility index (Phi) is 7.19. The highest BCUT2D eigenvalue weighted by atomic mass is 35.5. The molecule has 0 fully saturated rings. The van der Waals surface area contributed by atoms with E-state index in [9.17, 15) is 9.90 Å². The second-order valence-corrected chi connectivity index (χ2v) is 6.09. The number of carbonyl (C=O) groups is 1. The van der Waals surface area contributed by atoms with Gasteiger partial charge in [-0.2, -0.15) is 11.8 Å². The summed E-state index contributed by atoms with van der Waals surface area (Å²) >= 11 is 7.62. The molecule has 6 heteroatoms. The van der Waals surface area contributed by atoms with E-state index in [1.165, 1.54) is 11.8 Å². The molecule has 0 spiro atoms. The third-order valence-corrected chi connectivity index (χ3v) is 4.63. The maximum atomic E-state index is 11.9. The van der Waals surface area contributed by atoms with Gasteiger partial charge < -0.3 is 15.7 Å². The van der Waals surface area contributed by atoms with Gasteiger partial charge in [-0.25, -0.2) is 4.79 Å². The number of hydrogen-bond acceptors (Lipinski definition) is 3. The lowest BCUT2D eigenvalue weighted by molar-refractivity contribution is 0.230. The maximum Gasteiger partial charge on any atom is 0.315 e. The number of rotatable bonds is 6. The lowest BCUT2D eigenvalue weighted by Gasteiger charge is -2.23. The summed E-state index contributed by atoms with van der Waals surface area (Å²) in [6.07, 6.45) is 1.91. The molecular weight excluding hydrogens is 296 g/mol. The Bertz CT molecular complexity index is 441. The van der Waals surface area contributed by atoms with E-state index < -0.39 is 0 Å². The van der Waals surface area contributed by atoms with Crippen LogP contribution in [0, 0.1) is 0 Å². The number of carbonyl (C=O) groups excluding carboxylic acids is 1. The molecule has 20 heavy (non-hydrogen) atoms. The molecule has 0 aliphatic carbocycles. The molecule has 112 valence electrons. The largest absolute Gasteiger partial charge is 0.395 e. The van der Waals surface area contributed by atoms with Gasteiger partial charge in [-0.3, -0.25) is 0 Å². The van der Waals surface area contributed by atoms with Crippen molar-refractivity contribution in [2.75, 3.05) is 12.9 Å². The van der Waals surface area contributed by atoms with E-state index in [-0.39, 0.29) is 30.0 Å². The summed E-state index contributed by atoms with van der Waals surface area (Å²) in [4.78, 5) is 11.9. The first-order valence-corrected chi connectivity index (χ1v) is 8.11. The van der Waals surface area contributed by atoms with Crippen molar-refractivity contribution in [2.45, 2.75) is 31.2 Å². The molecule has 3 atom stereocenters. The minimum atomic E-state index is -0.266. The van der Waals surface area contributed by atoms with Crippen molar-refractivity contribution in [1.29, 1.82) is 0 Å². The molecule has 0 saturated carbocycles. The predicted molar refractivity (Wildman–Crippen MR) is 85.4 cm³/mol. The number of hydrogen-bond donors (Lipinski definition) is 3. The van der Waals surface area contributed by atoms with Crippen LogP contribution in [0.4, 0.5) is 4.79 Å². The van der Waals surface area contributed by atoms with Crippen LogP contribution in [-0.2, 0) is 0 Å². The van der Waals surface area contributed by atoms with Crippen molar-refractivity contribution < 1.29 is 9.90 Å². The summed E-state index contributed by atoms with van der Waals surface area (Å²) in [7, 11) is 0. The van der Waals surface area contributed by atoms with Gasteiger partial charge in [0.2, 0.25) is 0 Å². The van der Waals surface area contributed by atoms with E-state index in [4.69, 9.17) is 11.6 Å². The van der Waals surface area contributed by atoms with Crippen LogP contribution in [0.1, 0.15) is 25.5 Å². The topological polar surface area (TPSA) is 61.4 Å². The first-order valence-electron chi connectivity index (χ1n) is 6.44. The van der Waals surface area contributed by atoms with Crippen molar-refractivity contribution in [2.24, 2.45) is 0 Å². The van der Waals surface area contributed by atoms with Gasteiger partial charge in [0, 0.05) is 16.3 Å². The van der Waals surface area contributed by atoms with E-state index in [1.807, 2.05) is 38.3 Å². The minimum Gasteiger partial charge on any atom is -0.395 e. The van der Waals surface area contributed by atoms with Crippen LogP contribution in [0.25, 0.3) is 0 Å². The van der Waals surface area contributed by atoms with Crippen LogP contribution in [0.2, 0.25) is 5.02 Å². The van der Waals surface area contributed by atoms with Gasteiger partial charge in [-0.15, -0.1) is 0 Å². The second kappa shape index (κ2) is 8.39. The summed E-state index contributed by atoms with van der Waals surface area (Å²) in [5.74, 6) is 0. The predicted octanol–water partition coefficient (Wildman–Crippen LogP) is 2.81. The Hall–Kier alpha value is -0.910. The van der Waals surface area contributed by atoms with Gasteiger partial charge in [-0.1, -0.05) is 29.8 Å². The number of nitrogens with one attached hydrogen (secondary N) is 2. The minimum absolute atomic E-state index is 0.0173. The Morgan fingerprint density at radius 2 is 2.00 bits per heavy atom. The zero-order valence-corrected chi connectivity index (χ0v) is 13.5. The SMILES string of the molecule is CSC(CO)C(C)NC(=O)NC(C)c1ccccc1Cl. The molecule has 3 N–H and O–H groups in total. The van der Waals surface area contributed by atoms with Gasteiger partial charge in [-0.05, 0) is 31.7 Å². The van der Waals surface area contributed by atoms with Crippen LogP contribution >= 0.6 is 23.4 Å². The number of halogens is 1. The molecule has 1 aromatic rings. The summed E-state index contributed by atoms with van der Waals surface area (Å²) in [5, 5.41) is 15.5. The molecule has 0 heterocycles. The standard InChI is InChI=1S/C14H21ClN2O2S/c1-9(11-6-4-5-7-12(11)15)16-14(19)17-10(2)13(8-18)20-3/h4-7,9-10,13,18H,8H2,1-3H3,(H2,16,17,19). The van der Waals surface area contributed by atoms with E-state index >= 15 is 0 Å². The average Bonchev–Trinajstić information content (AvgIpc) is 2.40. The molecule has 0 aromatic heterocycles. The summed E-state index contributed by atoms with van der Waals surface area (Å²) in [6, 6.07) is 6.85. The summed E-state index contributed by atoms with van der Waals surface area (Å²) in [6.45, 7) is 3.78. The maximum absolute atomic E-state index is 11.9. The van der Waals surface area contributed by atoms with E-state index in [0.717, 1.165) is 5.56 Å². The fourth-order valence-corrected chi connectivity index (χ4v) is 2.80. The molecule has 1 rings (SSSR count). The zero-order chi connectivity index (χ0) is 15.1. The van der Waals surface area contributed by atoms with Crippen LogP contribution in [-0.4, -0.2) is 35.3 Å². The highest BCUT2D eigenvalue weighted by molar-refractivity contribution is 7.99. The van der Waals surface area contributed by atoms with Crippen LogP contribution < -0.4 is 10.6 Å². The number of amides is 2. The number of thioether (sulfide) groups is 1. The van der Waals surface area contributed by atoms with Crippen molar-refractivity contribution in [3.05, 3.63) is 34.9 Å². The van der Waals surface area contributed by atoms with Crippen molar-refractivity contribution in [1.82, 2.24) is 10.6 Å². The Labute approximate surface area is 129 Å². The summed E-state index contributed by atoms with van der Waals surface area (Å²) < 4.78 is 0. The first-order chi connectivity index (χ1) is 9.49. The lowest BCUT2D eigenvalue weighted by atomic mass is 10.1. The number of aliphatic hydroxyl groups excluding tert-OH is 1. The van der Waals surface area contributed by atoms with Gasteiger partial charge in [0.15, 0.2) is 0 Å². The van der Waals surface area contributed by atoms with Crippen LogP contribution in [0.3, 0.4) is 0 Å². The van der Waals surface area contributed by atoms with Gasteiger partial charge >= 0.3 is 6.03 Å². The van der Waals surface area contributed by atoms with Gasteiger partial charge in [0.05, 0.1) is 12.6 Å². The Balaban J connectivity index is 2.56. The molecular formula is C14H21ClN2O2S. The first kappa shape index (κ1) is 17.1. The number of aliphatic hydroxyl groups is 1. The fraction of sp³-hybridized carbons (Fsp3) is 0.500. The molecule has 4 nitrogen and oxygen atoms in total. The third kappa shape index (κ3) is 4.89. The van der Waals surface area contributed by atoms with Crippen molar-refractivity contribution >= 4 is 29.4 Å². The molecule has 1 aromatic carbocycles. The molecule has 2 amide bonds. The van der Waals surface area contributed by atoms with E-state index in [2.05, 4.69) is 10.6 Å². The molecule has 0 aliphatic heterocycles. The summed E-state index contributed by atoms with van der Waals surface area (Å²) in [5.41, 5.74) is 0.876. The Morgan fingerprint density at radius 1 is 1.35 bits per heavy atom. The van der Waals surface area contributed by atoms with Crippen molar-refractivity contribution in [3.63, 3.8) is 0 Å². The highest BCUT2D eigenvalue weighted by Gasteiger charge is 2.19. The monoisotopic (exact) mass is 316 g/mol. The number of urea groups is 1. The third-order valence-electron chi connectivity index (χ3n) is 3.12. The fourth-order valence-electron chi connectivity index (χ4n) is 1.88. The molecule has 0 bridgehead atoms. The highest BCUT2D eigenvalue weighted by Crippen LogP contribution is 2.22. The normalized spacial score (nSPS) is 15.2. The van der Waals surface area contributed by atoms with Gasteiger partial charge in [0.1, 0.15) is 0 Å². The quantitative estimate of drug-likeness (QED) is 0.756. The second-order valence-electron chi connectivity index (χ2n) is 4.61. The van der Waals surface area contributed by atoms with Gasteiger partial charge in [0.25, 0.3) is 0 Å². The molecule has 0 radical (unpaired) electrons. The average molecular weight is 317 g/mol. The van der Waals surface area contributed by atoms with E-state index in [1.54, 1.807) is 6.07 Å². The number of benzene rings is 1. The van der Waals surface area contributed by atoms with E-state index in [0.29, 0.717) is 5.02 Å². The molecule has 0 aliphatic rings. The Morgan fingerprint density at radius 3 is 2.55 bits per heavy atom. The van der Waals surface area contributed by atoms with Crippen LogP contribution in [0.15, 0.2) is 24.3 Å². The molecule has 3 unspecified atom stereocenters. The molecule has 0 saturated heterocycles.